The fourth-order valence-electron chi connectivity index (χ4n) is 8.01. The first-order chi connectivity index (χ1) is 15.0. The average Bonchev–Trinajstić information content (AvgIpc) is 2.78. The van der Waals surface area contributed by atoms with E-state index in [-0.39, 0.29) is 31.6 Å². The summed E-state index contributed by atoms with van der Waals surface area (Å²) < 4.78 is 0. The molecular weight excluding hydrogens is 575 g/mol. The van der Waals surface area contributed by atoms with Gasteiger partial charge in [-0.2, -0.15) is 17.9 Å². The smallest absolute Gasteiger partial charge is 0.155 e. The zero-order chi connectivity index (χ0) is 21.8. The molecule has 0 aromatic heterocycles. The summed E-state index contributed by atoms with van der Waals surface area (Å²) in [6.07, 6.45) is 24.9. The van der Waals surface area contributed by atoms with E-state index < -0.39 is 0 Å². The Morgan fingerprint density at radius 1 is 0.781 bits per heavy atom. The first-order valence-corrected chi connectivity index (χ1v) is 13.5. The average molecular weight is 620 g/mol. The van der Waals surface area contributed by atoms with Crippen LogP contribution in [0.25, 0.3) is 5.32 Å². The minimum atomic E-state index is -0.125. The molecule has 0 bridgehead atoms. The van der Waals surface area contributed by atoms with Crippen molar-refractivity contribution < 1.29 is 30.0 Å². The van der Waals surface area contributed by atoms with Gasteiger partial charge in [0.25, 0.3) is 0 Å². The van der Waals surface area contributed by atoms with Crippen molar-refractivity contribution in [3.05, 3.63) is 23.6 Å². The van der Waals surface area contributed by atoms with Gasteiger partial charge in [-0.3, -0.25) is 4.79 Å². The molecule has 4 heteroatoms. The number of allylic oxidation sites excluding steroid dienone is 2. The number of ketones is 1. The molecule has 4 aliphatic carbocycles. The Bertz CT molecular complexity index is 631. The molecule has 1 aliphatic heterocycles. The maximum absolute atomic E-state index is 10.0. The molecule has 8 unspecified atom stereocenters. The van der Waals surface area contributed by atoms with Crippen molar-refractivity contribution in [3.63, 3.8) is 0 Å². The number of aliphatic hydroxyl groups is 1. The van der Waals surface area contributed by atoms with Gasteiger partial charge in [0, 0.05) is 26.2 Å². The third kappa shape index (κ3) is 6.48. The van der Waals surface area contributed by atoms with Crippen LogP contribution in [0.5, 0.6) is 0 Å². The largest absolute Gasteiger partial charge is 0.658 e. The van der Waals surface area contributed by atoms with E-state index in [0.717, 1.165) is 41.5 Å². The van der Waals surface area contributed by atoms with Crippen LogP contribution in [0.2, 0.25) is 0 Å². The van der Waals surface area contributed by atoms with Crippen LogP contribution < -0.4 is 0 Å². The fraction of sp³-hybridized carbons (Fsp3) is 0.857. The molecule has 0 spiro atoms. The van der Waals surface area contributed by atoms with Crippen LogP contribution in [0.4, 0.5) is 0 Å². The second-order valence-corrected chi connectivity index (χ2v) is 11.3. The molecule has 5 rings (SSSR count). The van der Waals surface area contributed by atoms with Gasteiger partial charge in [0.2, 0.25) is 0 Å². The number of rotatable bonds is 2. The van der Waals surface area contributed by atoms with Crippen molar-refractivity contribution in [2.45, 2.75) is 116 Å². The summed E-state index contributed by atoms with van der Waals surface area (Å²) in [4.78, 5) is 10.0. The second kappa shape index (κ2) is 12.5. The molecule has 1 N–H and O–H groups in total. The number of nitrogens with zero attached hydrogens (tertiary/aromatic N) is 1. The van der Waals surface area contributed by atoms with E-state index in [0.29, 0.717) is 6.04 Å². The number of carbonyl (C=O) groups excluding carboxylic acids is 1. The number of carbonyl (C=O) groups is 1. The summed E-state index contributed by atoms with van der Waals surface area (Å²) in [5.74, 6) is 5.85. The minimum absolute atomic E-state index is 0. The van der Waals surface area contributed by atoms with E-state index in [1.165, 1.54) is 97.0 Å². The summed E-state index contributed by atoms with van der Waals surface area (Å²) in [5, 5.41) is 13.9. The van der Waals surface area contributed by atoms with E-state index >= 15 is 0 Å². The van der Waals surface area contributed by atoms with Gasteiger partial charge >= 0.3 is 0 Å². The van der Waals surface area contributed by atoms with Crippen LogP contribution in [0.15, 0.2) is 11.8 Å². The molecule has 1 radical (unpaired) electrons. The Balaban J connectivity index is 0.000000318. The molecular formula is C28H45IrNO2-2. The summed E-state index contributed by atoms with van der Waals surface area (Å²) in [6, 6.07) is 1.45. The van der Waals surface area contributed by atoms with Crippen LogP contribution in [0.1, 0.15) is 104 Å². The maximum atomic E-state index is 10.0. The number of hydrogen-bond donors (Lipinski definition) is 1. The molecule has 185 valence electrons. The molecule has 8 atom stereocenters. The molecule has 1 heterocycles. The van der Waals surface area contributed by atoms with Gasteiger partial charge in [0.1, 0.15) is 0 Å². The maximum Gasteiger partial charge on any atom is 0.155 e. The van der Waals surface area contributed by atoms with Crippen LogP contribution in [0, 0.1) is 41.9 Å². The number of fused-ring (bicyclic) bond motifs is 4. The quantitative estimate of drug-likeness (QED) is 0.197. The molecule has 5 aliphatic rings. The van der Waals surface area contributed by atoms with E-state index in [2.05, 4.69) is 6.42 Å². The topological polar surface area (TPSA) is 51.4 Å². The summed E-state index contributed by atoms with van der Waals surface area (Å²) in [6.45, 7) is 2.85. The first kappa shape index (κ1) is 26.4. The third-order valence-electron chi connectivity index (χ3n) is 9.21. The molecule has 0 aromatic carbocycles. The van der Waals surface area contributed by atoms with E-state index in [1.807, 2.05) is 0 Å². The van der Waals surface area contributed by atoms with Gasteiger partial charge in [-0.25, -0.2) is 0 Å². The summed E-state index contributed by atoms with van der Waals surface area (Å²) >= 11 is 0. The van der Waals surface area contributed by atoms with Crippen molar-refractivity contribution in [3.8, 4) is 0 Å². The predicted octanol–water partition coefficient (Wildman–Crippen LogP) is 7.56. The van der Waals surface area contributed by atoms with Gasteiger partial charge in [-0.05, 0) is 19.8 Å². The van der Waals surface area contributed by atoms with Gasteiger partial charge in [-0.1, -0.05) is 108 Å². The zero-order valence-corrected chi connectivity index (χ0v) is 22.7. The molecule has 0 aromatic rings. The van der Waals surface area contributed by atoms with Gasteiger partial charge < -0.3 is 16.8 Å². The Hall–Kier alpha value is -0.181. The van der Waals surface area contributed by atoms with Crippen LogP contribution in [-0.2, 0) is 24.9 Å². The van der Waals surface area contributed by atoms with Gasteiger partial charge in [0.15, 0.2) is 5.78 Å². The monoisotopic (exact) mass is 620 g/mol. The van der Waals surface area contributed by atoms with Crippen LogP contribution >= 0.6 is 0 Å². The van der Waals surface area contributed by atoms with Crippen molar-refractivity contribution in [1.82, 2.24) is 0 Å². The van der Waals surface area contributed by atoms with E-state index in [1.54, 1.807) is 12.8 Å². The Morgan fingerprint density at radius 2 is 1.41 bits per heavy atom. The molecule has 5 fully saturated rings. The first-order valence-electron chi connectivity index (χ1n) is 13.5. The second-order valence-electron chi connectivity index (χ2n) is 11.3. The summed E-state index contributed by atoms with van der Waals surface area (Å²) in [7, 11) is 0. The zero-order valence-electron chi connectivity index (χ0n) is 20.3. The molecule has 3 nitrogen and oxygen atoms in total. The van der Waals surface area contributed by atoms with Crippen molar-refractivity contribution in [2.75, 3.05) is 0 Å². The van der Waals surface area contributed by atoms with Crippen molar-refractivity contribution in [1.29, 1.82) is 0 Å². The van der Waals surface area contributed by atoms with Gasteiger partial charge in [-0.15, -0.1) is 6.04 Å². The fourth-order valence-corrected chi connectivity index (χ4v) is 8.01. The SMILES string of the molecule is CC(=O)/C=C(/C)O.[CH-]1C2CCCCC2C2CCCCC2C1C1CCC2CCCCC2[N-]1.[Ir]. The van der Waals surface area contributed by atoms with Crippen molar-refractivity contribution in [2.24, 2.45) is 35.5 Å². The molecule has 32 heavy (non-hydrogen) atoms. The van der Waals surface area contributed by atoms with Gasteiger partial charge in [0.05, 0.1) is 5.76 Å². The van der Waals surface area contributed by atoms with E-state index in [9.17, 15) is 4.79 Å². The molecule has 1 saturated heterocycles. The minimum Gasteiger partial charge on any atom is -0.658 e. The normalized spacial score (nSPS) is 41.5. The Labute approximate surface area is 210 Å². The molecule has 0 amide bonds. The predicted molar refractivity (Wildman–Crippen MR) is 128 cm³/mol. The number of aliphatic hydroxyl groups excluding tert-OH is 1. The number of piperidine rings is 1. The van der Waals surface area contributed by atoms with Crippen molar-refractivity contribution >= 4 is 5.78 Å². The standard InChI is InChI=1S/C23H37N.C5H8O2.Ir/c1-3-9-18-17(8-1)15-21(20-11-5-4-10-19(18)20)23-14-13-16-7-2-6-12-22(16)24-23;1-4(6)3-5(2)7;/h15-23H,1-14H2;3,6H,1-2H3;/q-2;;/b;4-3-;. The van der Waals surface area contributed by atoms with Crippen LogP contribution in [-0.4, -0.2) is 23.0 Å². The third-order valence-corrected chi connectivity index (χ3v) is 9.21. The molecule has 4 saturated carbocycles. The van der Waals surface area contributed by atoms with Crippen LogP contribution in [0.3, 0.4) is 0 Å². The number of hydrogen-bond acceptors (Lipinski definition) is 2. The Kier molecular flexibility index (Phi) is 10.3. The Morgan fingerprint density at radius 3 is 2.09 bits per heavy atom. The van der Waals surface area contributed by atoms with E-state index in [4.69, 9.17) is 10.4 Å². The summed E-state index contributed by atoms with van der Waals surface area (Å²) in [5.41, 5.74) is 0.